The number of nitrogens with two attached hydrogens (primary N) is 1. The summed E-state index contributed by atoms with van der Waals surface area (Å²) >= 11 is 1.38. The molecule has 2 N–H and O–H groups in total. The third-order valence-corrected chi connectivity index (χ3v) is 3.64. The summed E-state index contributed by atoms with van der Waals surface area (Å²) in [5.41, 5.74) is 7.40. The van der Waals surface area contributed by atoms with Crippen molar-refractivity contribution in [3.63, 3.8) is 0 Å². The van der Waals surface area contributed by atoms with E-state index in [0.29, 0.717) is 24.3 Å². The summed E-state index contributed by atoms with van der Waals surface area (Å²) < 4.78 is 0. The van der Waals surface area contributed by atoms with E-state index in [1.165, 1.54) is 11.3 Å². The Balaban J connectivity index is 2.09. The Morgan fingerprint density at radius 3 is 3.00 bits per heavy atom. The van der Waals surface area contributed by atoms with Crippen molar-refractivity contribution in [2.24, 2.45) is 5.73 Å². The van der Waals surface area contributed by atoms with E-state index in [1.54, 1.807) is 29.5 Å². The number of benzene rings is 1. The number of amides is 1. The minimum absolute atomic E-state index is 0.150. The van der Waals surface area contributed by atoms with Crippen molar-refractivity contribution in [1.82, 2.24) is 9.88 Å². The van der Waals surface area contributed by atoms with Crippen molar-refractivity contribution in [3.05, 3.63) is 51.5 Å². The van der Waals surface area contributed by atoms with Crippen LogP contribution in [0, 0.1) is 11.3 Å². The first-order valence-corrected chi connectivity index (χ1v) is 6.91. The van der Waals surface area contributed by atoms with Crippen LogP contribution in [0.2, 0.25) is 0 Å². The third-order valence-electron chi connectivity index (χ3n) is 2.77. The lowest BCUT2D eigenvalue weighted by Crippen LogP contribution is -2.26. The maximum absolute atomic E-state index is 12.2. The number of nitriles is 1. The zero-order chi connectivity index (χ0) is 14.5. The molecule has 0 unspecified atom stereocenters. The monoisotopic (exact) mass is 286 g/mol. The molecule has 1 amide bonds. The van der Waals surface area contributed by atoms with E-state index in [1.807, 2.05) is 12.1 Å². The molecule has 0 aliphatic rings. The molecule has 0 saturated carbocycles. The van der Waals surface area contributed by atoms with E-state index in [0.717, 1.165) is 10.6 Å². The normalized spacial score (nSPS) is 10.1. The van der Waals surface area contributed by atoms with Gasteiger partial charge in [-0.3, -0.25) is 4.79 Å². The molecule has 0 aliphatic carbocycles. The molecule has 102 valence electrons. The second kappa shape index (κ2) is 6.28. The molecule has 2 rings (SSSR count). The number of rotatable bonds is 4. The van der Waals surface area contributed by atoms with Crippen LogP contribution in [-0.4, -0.2) is 22.8 Å². The molecule has 0 aliphatic heterocycles. The van der Waals surface area contributed by atoms with Crippen LogP contribution in [0.4, 0.5) is 0 Å². The maximum Gasteiger partial charge on any atom is 0.273 e. The first-order valence-electron chi connectivity index (χ1n) is 6.03. The van der Waals surface area contributed by atoms with E-state index in [2.05, 4.69) is 11.1 Å². The van der Waals surface area contributed by atoms with Gasteiger partial charge in [0.25, 0.3) is 5.91 Å². The van der Waals surface area contributed by atoms with Gasteiger partial charge in [-0.15, -0.1) is 11.3 Å². The standard InChI is InChI=1S/C14H14N4OS/c1-18(8-11-4-2-3-10(5-11)6-15)14(19)12-9-20-13(7-16)17-12/h2-5,9H,7-8,16H2,1H3. The van der Waals surface area contributed by atoms with Crippen LogP contribution in [0.25, 0.3) is 0 Å². The molecule has 20 heavy (non-hydrogen) atoms. The van der Waals surface area contributed by atoms with Gasteiger partial charge in [0.05, 0.1) is 11.6 Å². The predicted molar refractivity (Wildman–Crippen MR) is 77.0 cm³/mol. The van der Waals surface area contributed by atoms with E-state index >= 15 is 0 Å². The molecule has 1 aromatic carbocycles. The number of carbonyl (C=O) groups is 1. The molecule has 2 aromatic rings. The molecule has 0 bridgehead atoms. The van der Waals surface area contributed by atoms with E-state index in [4.69, 9.17) is 11.0 Å². The summed E-state index contributed by atoms with van der Waals surface area (Å²) in [6, 6.07) is 9.29. The summed E-state index contributed by atoms with van der Waals surface area (Å²) in [5.74, 6) is -0.150. The maximum atomic E-state index is 12.2. The number of nitrogens with zero attached hydrogens (tertiary/aromatic N) is 3. The Morgan fingerprint density at radius 1 is 1.55 bits per heavy atom. The number of carbonyl (C=O) groups excluding carboxylic acids is 1. The third kappa shape index (κ3) is 3.20. The summed E-state index contributed by atoms with van der Waals surface area (Å²) in [5, 5.41) is 11.3. The van der Waals surface area contributed by atoms with Crippen molar-refractivity contribution in [2.75, 3.05) is 7.05 Å². The van der Waals surface area contributed by atoms with Crippen LogP contribution < -0.4 is 5.73 Å². The van der Waals surface area contributed by atoms with Gasteiger partial charge in [-0.1, -0.05) is 12.1 Å². The smallest absolute Gasteiger partial charge is 0.273 e. The second-order valence-electron chi connectivity index (χ2n) is 4.30. The van der Waals surface area contributed by atoms with Gasteiger partial charge in [-0.25, -0.2) is 4.98 Å². The Hall–Kier alpha value is -2.23. The van der Waals surface area contributed by atoms with Crippen LogP contribution >= 0.6 is 11.3 Å². The zero-order valence-corrected chi connectivity index (χ0v) is 11.9. The lowest BCUT2D eigenvalue weighted by molar-refractivity contribution is 0.0780. The lowest BCUT2D eigenvalue weighted by atomic mass is 10.1. The van der Waals surface area contributed by atoms with Gasteiger partial charge in [0.2, 0.25) is 0 Å². The van der Waals surface area contributed by atoms with E-state index in [9.17, 15) is 4.79 Å². The predicted octanol–water partition coefficient (Wildman–Crippen LogP) is 1.75. The van der Waals surface area contributed by atoms with Crippen molar-refractivity contribution in [2.45, 2.75) is 13.1 Å². The van der Waals surface area contributed by atoms with Crippen molar-refractivity contribution in [3.8, 4) is 6.07 Å². The molecule has 0 saturated heterocycles. The largest absolute Gasteiger partial charge is 0.336 e. The molecular formula is C14H14N4OS. The fraction of sp³-hybridized carbons (Fsp3) is 0.214. The van der Waals surface area contributed by atoms with Gasteiger partial charge in [-0.2, -0.15) is 5.26 Å². The molecule has 0 atom stereocenters. The summed E-state index contributed by atoms with van der Waals surface area (Å²) in [6.07, 6.45) is 0. The van der Waals surface area contributed by atoms with Gasteiger partial charge in [0, 0.05) is 25.5 Å². The van der Waals surface area contributed by atoms with Crippen LogP contribution in [0.1, 0.15) is 26.6 Å². The van der Waals surface area contributed by atoms with Crippen LogP contribution in [0.3, 0.4) is 0 Å². The number of aromatic nitrogens is 1. The average Bonchev–Trinajstić information content (AvgIpc) is 2.95. The fourth-order valence-electron chi connectivity index (χ4n) is 1.78. The van der Waals surface area contributed by atoms with Crippen LogP contribution in [0.15, 0.2) is 29.6 Å². The first kappa shape index (κ1) is 14.2. The zero-order valence-electron chi connectivity index (χ0n) is 11.0. The van der Waals surface area contributed by atoms with Crippen molar-refractivity contribution < 1.29 is 4.79 Å². The highest BCUT2D eigenvalue weighted by Gasteiger charge is 2.15. The Labute approximate surface area is 121 Å². The molecule has 1 heterocycles. The highest BCUT2D eigenvalue weighted by Crippen LogP contribution is 2.13. The van der Waals surface area contributed by atoms with Crippen molar-refractivity contribution >= 4 is 17.2 Å². The molecular weight excluding hydrogens is 272 g/mol. The lowest BCUT2D eigenvalue weighted by Gasteiger charge is -2.16. The Morgan fingerprint density at radius 2 is 2.35 bits per heavy atom. The summed E-state index contributed by atoms with van der Waals surface area (Å²) in [4.78, 5) is 17.9. The van der Waals surface area contributed by atoms with Gasteiger partial charge < -0.3 is 10.6 Å². The molecule has 6 heteroatoms. The highest BCUT2D eigenvalue weighted by atomic mass is 32.1. The quantitative estimate of drug-likeness (QED) is 0.928. The van der Waals surface area contributed by atoms with Gasteiger partial charge in [0.1, 0.15) is 10.7 Å². The molecule has 0 spiro atoms. The number of thiazole rings is 1. The van der Waals surface area contributed by atoms with Gasteiger partial charge >= 0.3 is 0 Å². The minimum atomic E-state index is -0.150. The topological polar surface area (TPSA) is 83.0 Å². The molecule has 0 radical (unpaired) electrons. The van der Waals surface area contributed by atoms with Crippen LogP contribution in [0.5, 0.6) is 0 Å². The number of hydrogen-bond acceptors (Lipinski definition) is 5. The van der Waals surface area contributed by atoms with E-state index < -0.39 is 0 Å². The summed E-state index contributed by atoms with van der Waals surface area (Å²) in [6.45, 7) is 0.774. The number of hydrogen-bond donors (Lipinski definition) is 1. The second-order valence-corrected chi connectivity index (χ2v) is 5.25. The fourth-order valence-corrected chi connectivity index (χ4v) is 2.43. The Bertz CT molecular complexity index is 659. The Kier molecular flexibility index (Phi) is 4.45. The first-order chi connectivity index (χ1) is 9.63. The SMILES string of the molecule is CN(Cc1cccc(C#N)c1)C(=O)c1csc(CN)n1. The molecule has 0 fully saturated rings. The molecule has 5 nitrogen and oxygen atoms in total. The summed E-state index contributed by atoms with van der Waals surface area (Å²) in [7, 11) is 1.71. The van der Waals surface area contributed by atoms with Gasteiger partial charge in [0.15, 0.2) is 0 Å². The highest BCUT2D eigenvalue weighted by molar-refractivity contribution is 7.09. The van der Waals surface area contributed by atoms with Gasteiger partial charge in [-0.05, 0) is 17.7 Å². The minimum Gasteiger partial charge on any atom is -0.336 e. The van der Waals surface area contributed by atoms with E-state index in [-0.39, 0.29) is 5.91 Å². The molecule has 1 aromatic heterocycles. The average molecular weight is 286 g/mol. The van der Waals surface area contributed by atoms with Crippen molar-refractivity contribution in [1.29, 1.82) is 5.26 Å². The van der Waals surface area contributed by atoms with Crippen LogP contribution in [-0.2, 0) is 13.1 Å².